The van der Waals surface area contributed by atoms with Crippen LogP contribution in [0.2, 0.25) is 5.02 Å². The molecule has 6 rings (SSSR count). The van der Waals surface area contributed by atoms with Gasteiger partial charge in [-0.15, -0.1) is 0 Å². The van der Waals surface area contributed by atoms with Crippen LogP contribution in [0, 0.1) is 0 Å². The number of fused-ring (bicyclic) bond motifs is 3. The van der Waals surface area contributed by atoms with Crippen molar-refractivity contribution in [1.29, 1.82) is 0 Å². The van der Waals surface area contributed by atoms with Gasteiger partial charge in [0, 0.05) is 35.4 Å². The number of benzene rings is 3. The SMILES string of the molecule is CCC(=Cc1oc2ccc(Cl)cc2[n+]1CCCS(=O)(=O)[O-])C=C1Oc2ccc(-c3ccccc3)cc2[N+]12CC2C(C)S(=O)(=O)[O-]. The zero-order chi connectivity index (χ0) is 32.1. The molecule has 4 aromatic rings. The van der Waals surface area contributed by atoms with Crippen LogP contribution in [-0.4, -0.2) is 49.5 Å². The number of hydrogen-bond acceptors (Lipinski definition) is 8. The van der Waals surface area contributed by atoms with E-state index in [2.05, 4.69) is 0 Å². The quantitative estimate of drug-likeness (QED) is 0.0955. The maximum absolute atomic E-state index is 12.2. The number of oxazole rings is 1. The highest BCUT2D eigenvalue weighted by Gasteiger charge is 2.68. The lowest BCUT2D eigenvalue weighted by Crippen LogP contribution is -2.36. The van der Waals surface area contributed by atoms with Gasteiger partial charge in [-0.1, -0.05) is 54.9 Å². The Morgan fingerprint density at radius 1 is 1.07 bits per heavy atom. The maximum atomic E-state index is 12.2. The van der Waals surface area contributed by atoms with Crippen molar-refractivity contribution in [2.45, 2.75) is 44.5 Å². The van der Waals surface area contributed by atoms with Crippen molar-refractivity contribution < 1.29 is 39.7 Å². The summed E-state index contributed by atoms with van der Waals surface area (Å²) in [6.45, 7) is 3.96. The second-order valence-corrected chi connectivity index (χ2v) is 15.0. The van der Waals surface area contributed by atoms with E-state index in [1.807, 2.05) is 61.5 Å². The summed E-state index contributed by atoms with van der Waals surface area (Å²) in [7, 11) is -8.97. The van der Waals surface area contributed by atoms with Gasteiger partial charge in [0.1, 0.15) is 21.9 Å². The van der Waals surface area contributed by atoms with Crippen LogP contribution < -0.4 is 13.8 Å². The minimum absolute atomic E-state index is 0.0758. The Bertz CT molecular complexity index is 2070. The monoisotopic (exact) mass is 670 g/mol. The molecule has 1 saturated heterocycles. The van der Waals surface area contributed by atoms with E-state index in [-0.39, 0.29) is 17.4 Å². The largest absolute Gasteiger partial charge is 0.748 e. The summed E-state index contributed by atoms with van der Waals surface area (Å²) in [4.78, 5) is 0. The Balaban J connectivity index is 1.43. The van der Waals surface area contributed by atoms with Crippen LogP contribution in [0.5, 0.6) is 5.75 Å². The Kier molecular flexibility index (Phi) is 8.17. The lowest BCUT2D eigenvalue weighted by Gasteiger charge is -2.19. The fourth-order valence-corrected chi connectivity index (χ4v) is 7.36. The molecule has 0 amide bonds. The van der Waals surface area contributed by atoms with Gasteiger partial charge in [-0.2, -0.15) is 4.57 Å². The molecule has 0 bridgehead atoms. The molecule has 45 heavy (non-hydrogen) atoms. The van der Waals surface area contributed by atoms with Crippen LogP contribution in [0.15, 0.2) is 88.7 Å². The van der Waals surface area contributed by atoms with E-state index in [4.69, 9.17) is 20.8 Å². The van der Waals surface area contributed by atoms with Crippen LogP contribution in [0.25, 0.3) is 28.3 Å². The predicted octanol–water partition coefficient (Wildman–Crippen LogP) is 5.33. The van der Waals surface area contributed by atoms with Gasteiger partial charge in [0.25, 0.3) is 5.52 Å². The number of nitrogens with zero attached hydrogens (tertiary/aromatic N) is 2. The standard InChI is InChI=1S/C32H31ClN2O8S2/c1-3-22(16-31-34(14-7-15-44(36,37)38)26-19-25(33)11-13-29(26)42-31)17-32-35(20-28(35)21(2)45(39,40)41)27-18-24(10-12-30(27)43-32)23-8-5-4-6-9-23/h4-6,8-13,16-19,21,28H,3,7,14-15,20H2,1-2H3. The van der Waals surface area contributed by atoms with Gasteiger partial charge in [0.05, 0.1) is 16.2 Å². The Morgan fingerprint density at radius 2 is 1.82 bits per heavy atom. The third-order valence-corrected chi connectivity index (χ3v) is 10.8. The van der Waals surface area contributed by atoms with E-state index in [9.17, 15) is 25.9 Å². The van der Waals surface area contributed by atoms with Crippen LogP contribution in [0.3, 0.4) is 0 Å². The van der Waals surface area contributed by atoms with Crippen LogP contribution in [-0.2, 0) is 26.8 Å². The van der Waals surface area contributed by atoms with Gasteiger partial charge in [0.15, 0.2) is 24.0 Å². The second-order valence-electron chi connectivity index (χ2n) is 11.3. The average Bonchev–Trinajstić information content (AvgIpc) is 3.55. The summed E-state index contributed by atoms with van der Waals surface area (Å²) in [5, 5.41) is -0.681. The minimum atomic E-state index is -4.57. The molecule has 0 N–H and O–H groups in total. The summed E-state index contributed by atoms with van der Waals surface area (Å²) in [5.41, 5.74) is 4.66. The molecule has 2 aliphatic heterocycles. The lowest BCUT2D eigenvalue weighted by atomic mass is 10.0. The molecule has 3 heterocycles. The van der Waals surface area contributed by atoms with Gasteiger partial charge in [-0.3, -0.25) is 0 Å². The number of rotatable bonds is 10. The van der Waals surface area contributed by atoms with Crippen LogP contribution in [0.4, 0.5) is 5.69 Å². The topological polar surface area (TPSA) is 141 Å². The molecular weight excluding hydrogens is 640 g/mol. The highest BCUT2D eigenvalue weighted by molar-refractivity contribution is 7.86. The molecule has 1 spiro atoms. The fourth-order valence-electron chi connectivity index (χ4n) is 6.04. The molecule has 236 valence electrons. The highest BCUT2D eigenvalue weighted by atomic mass is 35.5. The Labute approximate surface area is 266 Å². The molecule has 3 aromatic carbocycles. The first-order valence-electron chi connectivity index (χ1n) is 14.5. The molecule has 0 aliphatic carbocycles. The van der Waals surface area contributed by atoms with E-state index in [1.165, 1.54) is 6.92 Å². The zero-order valence-electron chi connectivity index (χ0n) is 24.6. The van der Waals surface area contributed by atoms with Gasteiger partial charge in [-0.25, -0.2) is 21.3 Å². The molecule has 1 fully saturated rings. The molecule has 3 unspecified atom stereocenters. The predicted molar refractivity (Wildman–Crippen MR) is 169 cm³/mol. The molecule has 1 aromatic heterocycles. The molecule has 2 aliphatic rings. The van der Waals surface area contributed by atoms with E-state index >= 15 is 0 Å². The van der Waals surface area contributed by atoms with E-state index < -0.39 is 37.3 Å². The third kappa shape index (κ3) is 6.18. The molecule has 0 radical (unpaired) electrons. The van der Waals surface area contributed by atoms with Gasteiger partial charge in [-0.05, 0) is 48.2 Å². The Hall–Kier alpha value is -3.52. The first-order chi connectivity index (χ1) is 21.3. The minimum Gasteiger partial charge on any atom is -0.748 e. The molecule has 0 saturated carbocycles. The normalized spacial score (nSPS) is 21.3. The van der Waals surface area contributed by atoms with E-state index in [0.29, 0.717) is 46.6 Å². The van der Waals surface area contributed by atoms with Crippen molar-refractivity contribution in [3.8, 4) is 16.9 Å². The number of hydrogen-bond donors (Lipinski definition) is 0. The van der Waals surface area contributed by atoms with Gasteiger partial charge in [0.2, 0.25) is 5.58 Å². The van der Waals surface area contributed by atoms with Crippen molar-refractivity contribution in [2.24, 2.45) is 0 Å². The molecule has 10 nitrogen and oxygen atoms in total. The van der Waals surface area contributed by atoms with Crippen molar-refractivity contribution >= 4 is 54.7 Å². The maximum Gasteiger partial charge on any atom is 0.374 e. The van der Waals surface area contributed by atoms with E-state index in [0.717, 1.165) is 22.4 Å². The fraction of sp³-hybridized carbons (Fsp3) is 0.281. The molecule has 13 heteroatoms. The molecule has 3 atom stereocenters. The lowest BCUT2D eigenvalue weighted by molar-refractivity contribution is -0.677. The van der Waals surface area contributed by atoms with Gasteiger partial charge < -0.3 is 18.3 Å². The molecular formula is C32H31ClN2O8S2. The van der Waals surface area contributed by atoms with Crippen LogP contribution >= 0.6 is 11.6 Å². The van der Waals surface area contributed by atoms with Crippen molar-refractivity contribution in [2.75, 3.05) is 12.3 Å². The zero-order valence-corrected chi connectivity index (χ0v) is 26.9. The summed E-state index contributed by atoms with van der Waals surface area (Å²) in [6, 6.07) is 20.2. The average molecular weight is 671 g/mol. The number of halogens is 1. The number of aromatic nitrogens is 1. The number of aryl methyl sites for hydroxylation is 1. The number of quaternary nitrogens is 1. The van der Waals surface area contributed by atoms with Crippen molar-refractivity contribution in [3.63, 3.8) is 0 Å². The smallest absolute Gasteiger partial charge is 0.374 e. The van der Waals surface area contributed by atoms with Crippen molar-refractivity contribution in [1.82, 2.24) is 4.48 Å². The summed E-state index contributed by atoms with van der Waals surface area (Å²) < 4.78 is 84.7. The number of ether oxygens (including phenoxy) is 1. The summed E-state index contributed by atoms with van der Waals surface area (Å²) in [6.07, 6.45) is 4.26. The summed E-state index contributed by atoms with van der Waals surface area (Å²) in [5.74, 6) is 0.963. The summed E-state index contributed by atoms with van der Waals surface area (Å²) >= 11 is 6.25. The van der Waals surface area contributed by atoms with Gasteiger partial charge >= 0.3 is 11.8 Å². The first kappa shape index (κ1) is 31.5. The second kappa shape index (κ2) is 11.7. The van der Waals surface area contributed by atoms with Crippen molar-refractivity contribution in [3.05, 3.63) is 95.2 Å². The number of allylic oxidation sites excluding steroid dienone is 2. The van der Waals surface area contributed by atoms with Crippen LogP contribution in [0.1, 0.15) is 32.6 Å². The van der Waals surface area contributed by atoms with E-state index in [1.54, 1.807) is 28.8 Å². The Morgan fingerprint density at radius 3 is 2.51 bits per heavy atom. The third-order valence-electron chi connectivity index (χ3n) is 8.50. The first-order valence-corrected chi connectivity index (χ1v) is 17.9. The highest BCUT2D eigenvalue weighted by Crippen LogP contribution is 2.56.